The van der Waals surface area contributed by atoms with Crippen molar-refractivity contribution in [3.8, 4) is 0 Å². The third kappa shape index (κ3) is 2.36. The van der Waals surface area contributed by atoms with Crippen molar-refractivity contribution in [1.82, 2.24) is 9.55 Å². The molecular weight excluding hydrogens is 369 g/mol. The van der Waals surface area contributed by atoms with E-state index in [2.05, 4.69) is 4.98 Å². The van der Waals surface area contributed by atoms with Crippen LogP contribution in [0.4, 0.5) is 5.82 Å². The number of hydrogen-bond acceptors (Lipinski definition) is 7. The highest BCUT2D eigenvalue weighted by Crippen LogP contribution is 2.37. The average molecular weight is 383 g/mol. The van der Waals surface area contributed by atoms with E-state index in [1.165, 1.54) is 13.1 Å². The van der Waals surface area contributed by atoms with Crippen molar-refractivity contribution < 1.29 is 20.1 Å². The van der Waals surface area contributed by atoms with Gasteiger partial charge in [0.05, 0.1) is 10.2 Å². The highest BCUT2D eigenvalue weighted by atomic mass is 127. The zero-order chi connectivity index (χ0) is 14.4. The molecule has 1 aliphatic rings. The van der Waals surface area contributed by atoms with Gasteiger partial charge in [0.15, 0.2) is 6.23 Å². The van der Waals surface area contributed by atoms with Crippen molar-refractivity contribution >= 4 is 28.4 Å². The summed E-state index contributed by atoms with van der Waals surface area (Å²) in [5, 5.41) is 29.2. The number of nitrogens with zero attached hydrogens (tertiary/aromatic N) is 2. The minimum Gasteiger partial charge on any atom is -0.394 e. The Morgan fingerprint density at radius 2 is 2.32 bits per heavy atom. The summed E-state index contributed by atoms with van der Waals surface area (Å²) in [6, 6.07) is 0. The van der Waals surface area contributed by atoms with E-state index in [9.17, 15) is 15.0 Å². The first-order chi connectivity index (χ1) is 8.78. The predicted octanol–water partition coefficient (Wildman–Crippen LogP) is -1.57. The van der Waals surface area contributed by atoms with Gasteiger partial charge in [-0.05, 0) is 29.5 Å². The lowest BCUT2D eigenvalue weighted by Crippen LogP contribution is -2.46. The second kappa shape index (κ2) is 4.98. The minimum absolute atomic E-state index is 0.0822. The highest BCUT2D eigenvalue weighted by Gasteiger charge is 2.53. The van der Waals surface area contributed by atoms with Crippen LogP contribution in [0.25, 0.3) is 0 Å². The molecule has 19 heavy (non-hydrogen) atoms. The summed E-state index contributed by atoms with van der Waals surface area (Å²) in [7, 11) is 0. The van der Waals surface area contributed by atoms with Gasteiger partial charge in [0, 0.05) is 6.20 Å². The number of anilines is 1. The van der Waals surface area contributed by atoms with Gasteiger partial charge in [0.2, 0.25) is 0 Å². The molecule has 5 N–H and O–H groups in total. The second-order valence-corrected chi connectivity index (χ2v) is 5.71. The van der Waals surface area contributed by atoms with E-state index >= 15 is 0 Å². The molecule has 0 unspecified atom stereocenters. The summed E-state index contributed by atoms with van der Waals surface area (Å²) in [5.74, 6) is 0.0822. The van der Waals surface area contributed by atoms with Crippen molar-refractivity contribution in [1.29, 1.82) is 0 Å². The first kappa shape index (κ1) is 14.7. The van der Waals surface area contributed by atoms with E-state index in [0.29, 0.717) is 3.57 Å². The molecule has 1 aliphatic heterocycles. The zero-order valence-corrected chi connectivity index (χ0v) is 12.2. The molecule has 0 saturated carbocycles. The summed E-state index contributed by atoms with van der Waals surface area (Å²) < 4.78 is 6.89. The van der Waals surface area contributed by atoms with Gasteiger partial charge in [-0.1, -0.05) is 0 Å². The van der Waals surface area contributed by atoms with Crippen LogP contribution < -0.4 is 11.4 Å². The summed E-state index contributed by atoms with van der Waals surface area (Å²) >= 11 is 1.89. The lowest BCUT2D eigenvalue weighted by molar-refractivity contribution is -0.0987. The van der Waals surface area contributed by atoms with E-state index in [0.717, 1.165) is 4.57 Å². The van der Waals surface area contributed by atoms with Gasteiger partial charge < -0.3 is 25.8 Å². The molecule has 0 spiro atoms. The molecule has 0 bridgehead atoms. The second-order valence-electron chi connectivity index (χ2n) is 4.54. The third-order valence-electron chi connectivity index (χ3n) is 3.12. The summed E-state index contributed by atoms with van der Waals surface area (Å²) in [6.45, 7) is 0.857. The number of nitrogen functional groups attached to an aromatic ring is 1. The fourth-order valence-electron chi connectivity index (χ4n) is 2.02. The SMILES string of the molecule is C[C@@]1(O)[C@@H](O)[C@@H](CO)O[C@H]1n1cc(I)c(N)nc1=O. The molecule has 0 aliphatic carbocycles. The molecule has 0 amide bonds. The van der Waals surface area contributed by atoms with E-state index in [-0.39, 0.29) is 5.82 Å². The Bertz CT molecular complexity index is 546. The molecule has 9 heteroatoms. The van der Waals surface area contributed by atoms with E-state index in [4.69, 9.17) is 15.6 Å². The van der Waals surface area contributed by atoms with Gasteiger partial charge in [-0.3, -0.25) is 4.57 Å². The van der Waals surface area contributed by atoms with Crippen molar-refractivity contribution in [2.45, 2.75) is 31.0 Å². The molecule has 1 aromatic heterocycles. The Morgan fingerprint density at radius 1 is 1.68 bits per heavy atom. The highest BCUT2D eigenvalue weighted by molar-refractivity contribution is 14.1. The van der Waals surface area contributed by atoms with Crippen molar-refractivity contribution in [2.75, 3.05) is 12.3 Å². The molecule has 106 valence electrons. The normalized spacial score (nSPS) is 34.7. The number of nitrogens with two attached hydrogens (primary N) is 1. The van der Waals surface area contributed by atoms with Gasteiger partial charge in [-0.15, -0.1) is 0 Å². The van der Waals surface area contributed by atoms with Crippen LogP contribution in [0, 0.1) is 3.57 Å². The number of aliphatic hydroxyl groups excluding tert-OH is 2. The zero-order valence-electron chi connectivity index (χ0n) is 10.0. The maximum Gasteiger partial charge on any atom is 0.351 e. The summed E-state index contributed by atoms with van der Waals surface area (Å²) in [6.07, 6.45) is -2.04. The molecule has 0 radical (unpaired) electrons. The van der Waals surface area contributed by atoms with Crippen LogP contribution >= 0.6 is 22.6 Å². The lowest BCUT2D eigenvalue weighted by atomic mass is 9.96. The fraction of sp³-hybridized carbons (Fsp3) is 0.600. The first-order valence-corrected chi connectivity index (χ1v) is 6.57. The molecule has 1 fully saturated rings. The van der Waals surface area contributed by atoms with Crippen LogP contribution in [0.1, 0.15) is 13.2 Å². The Hall–Kier alpha value is -0.750. The van der Waals surface area contributed by atoms with Gasteiger partial charge in [0.1, 0.15) is 23.6 Å². The largest absolute Gasteiger partial charge is 0.394 e. The van der Waals surface area contributed by atoms with Crippen LogP contribution in [0.5, 0.6) is 0 Å². The van der Waals surface area contributed by atoms with Crippen molar-refractivity contribution in [3.05, 3.63) is 20.3 Å². The summed E-state index contributed by atoms with van der Waals surface area (Å²) in [4.78, 5) is 15.4. The Morgan fingerprint density at radius 3 is 2.84 bits per heavy atom. The molecule has 0 aromatic carbocycles. The number of aliphatic hydroxyl groups is 3. The molecule has 8 nitrogen and oxygen atoms in total. The molecule has 4 atom stereocenters. The number of aromatic nitrogens is 2. The molecular formula is C10H14IN3O5. The minimum atomic E-state index is -1.72. The van der Waals surface area contributed by atoms with Gasteiger partial charge in [-0.25, -0.2) is 4.79 Å². The van der Waals surface area contributed by atoms with Crippen LogP contribution in [0.15, 0.2) is 11.0 Å². The Labute approximate surface area is 122 Å². The Balaban J connectivity index is 2.48. The number of hydrogen-bond donors (Lipinski definition) is 4. The lowest BCUT2D eigenvalue weighted by Gasteiger charge is -2.27. The average Bonchev–Trinajstić information content (AvgIpc) is 2.56. The van der Waals surface area contributed by atoms with Crippen molar-refractivity contribution in [2.24, 2.45) is 0 Å². The molecule has 1 saturated heterocycles. The van der Waals surface area contributed by atoms with Crippen molar-refractivity contribution in [3.63, 3.8) is 0 Å². The van der Waals surface area contributed by atoms with E-state index in [1.807, 2.05) is 22.6 Å². The van der Waals surface area contributed by atoms with Crippen LogP contribution in [-0.2, 0) is 4.74 Å². The summed E-state index contributed by atoms with van der Waals surface area (Å²) in [5.41, 5.74) is 3.09. The Kier molecular flexibility index (Phi) is 3.84. The fourth-order valence-corrected chi connectivity index (χ4v) is 2.44. The van der Waals surface area contributed by atoms with Crippen LogP contribution in [0.3, 0.4) is 0 Å². The van der Waals surface area contributed by atoms with Crippen LogP contribution in [0.2, 0.25) is 0 Å². The van der Waals surface area contributed by atoms with E-state index < -0.39 is 36.3 Å². The number of rotatable bonds is 2. The van der Waals surface area contributed by atoms with Crippen LogP contribution in [-0.4, -0.2) is 49.3 Å². The van der Waals surface area contributed by atoms with Gasteiger partial charge in [0.25, 0.3) is 0 Å². The third-order valence-corrected chi connectivity index (χ3v) is 3.95. The van der Waals surface area contributed by atoms with Gasteiger partial charge >= 0.3 is 5.69 Å². The monoisotopic (exact) mass is 383 g/mol. The molecule has 2 heterocycles. The predicted molar refractivity (Wildman–Crippen MR) is 73.3 cm³/mol. The number of halogens is 1. The quantitative estimate of drug-likeness (QED) is 0.454. The molecule has 2 rings (SSSR count). The smallest absolute Gasteiger partial charge is 0.351 e. The topological polar surface area (TPSA) is 131 Å². The molecule has 1 aromatic rings. The van der Waals surface area contributed by atoms with E-state index in [1.54, 1.807) is 0 Å². The van der Waals surface area contributed by atoms with Gasteiger partial charge in [-0.2, -0.15) is 4.98 Å². The maximum atomic E-state index is 11.8. The maximum absolute atomic E-state index is 11.8. The first-order valence-electron chi connectivity index (χ1n) is 5.50. The number of ether oxygens (including phenoxy) is 1. The standard InChI is InChI=1S/C10H14IN3O5/c1-10(18)6(16)5(3-15)19-8(10)14-2-4(11)7(12)13-9(14)17/h2,5-6,8,15-16,18H,3H2,1H3,(H2,12,13,17)/t5-,6+,8-,10-/m1/s1.